The minimum Gasteiger partial charge on any atom is -0.469 e. The first-order valence-electron chi connectivity index (χ1n) is 6.24. The van der Waals surface area contributed by atoms with Crippen molar-refractivity contribution in [2.75, 3.05) is 7.11 Å². The van der Waals surface area contributed by atoms with Crippen LogP contribution in [0.25, 0.3) is 0 Å². The maximum absolute atomic E-state index is 12.2. The molecule has 1 unspecified atom stereocenters. The van der Waals surface area contributed by atoms with Crippen LogP contribution < -0.4 is 5.32 Å². The van der Waals surface area contributed by atoms with Crippen LogP contribution in [0.1, 0.15) is 29.6 Å². The predicted molar refractivity (Wildman–Crippen MR) is 74.8 cm³/mol. The smallest absolute Gasteiger partial charge is 0.307 e. The summed E-state index contributed by atoms with van der Waals surface area (Å²) in [6, 6.07) is 7.11. The van der Waals surface area contributed by atoms with Crippen LogP contribution in [-0.4, -0.2) is 25.0 Å². The van der Waals surface area contributed by atoms with Gasteiger partial charge in [-0.3, -0.25) is 9.59 Å². The molecule has 1 aliphatic rings. The molecule has 5 heteroatoms. The topological polar surface area (TPSA) is 55.4 Å². The zero-order chi connectivity index (χ0) is 13.8. The summed E-state index contributed by atoms with van der Waals surface area (Å²) < 4.78 is 5.42. The standard InChI is InChI=1S/C14H16BrNO3/c1-19-13(17)8-12(9-6-7-9)16-14(18)10-4-2-3-5-11(10)15/h2-5,9,12H,6-8H2,1H3,(H,16,18). The molecule has 0 heterocycles. The van der Waals surface area contributed by atoms with E-state index in [0.29, 0.717) is 11.5 Å². The van der Waals surface area contributed by atoms with Gasteiger partial charge in [0.15, 0.2) is 0 Å². The Kier molecular flexibility index (Phi) is 4.58. The third-order valence-electron chi connectivity index (χ3n) is 3.24. The molecule has 1 N–H and O–H groups in total. The SMILES string of the molecule is COC(=O)CC(NC(=O)c1ccccc1Br)C1CC1. The Morgan fingerprint density at radius 3 is 2.68 bits per heavy atom. The Bertz CT molecular complexity index is 485. The van der Waals surface area contributed by atoms with Gasteiger partial charge in [0.1, 0.15) is 0 Å². The number of carbonyl (C=O) groups excluding carboxylic acids is 2. The van der Waals surface area contributed by atoms with Gasteiger partial charge in [-0.1, -0.05) is 12.1 Å². The monoisotopic (exact) mass is 325 g/mol. The average Bonchev–Trinajstić information content (AvgIpc) is 3.22. The van der Waals surface area contributed by atoms with Crippen molar-refractivity contribution in [1.29, 1.82) is 0 Å². The number of rotatable bonds is 5. The van der Waals surface area contributed by atoms with Gasteiger partial charge in [0.2, 0.25) is 0 Å². The van der Waals surface area contributed by atoms with Crippen molar-refractivity contribution in [2.45, 2.75) is 25.3 Å². The summed E-state index contributed by atoms with van der Waals surface area (Å²) in [6.07, 6.45) is 2.34. The van der Waals surface area contributed by atoms with Gasteiger partial charge in [0.05, 0.1) is 19.1 Å². The molecule has 0 saturated heterocycles. The van der Waals surface area contributed by atoms with Crippen LogP contribution in [0.2, 0.25) is 0 Å². The van der Waals surface area contributed by atoms with E-state index in [1.165, 1.54) is 7.11 Å². The number of methoxy groups -OCH3 is 1. The normalized spacial score (nSPS) is 15.7. The van der Waals surface area contributed by atoms with E-state index in [-0.39, 0.29) is 24.3 Å². The van der Waals surface area contributed by atoms with E-state index in [2.05, 4.69) is 26.0 Å². The fourth-order valence-electron chi connectivity index (χ4n) is 1.99. The van der Waals surface area contributed by atoms with E-state index >= 15 is 0 Å². The zero-order valence-corrected chi connectivity index (χ0v) is 12.3. The van der Waals surface area contributed by atoms with Crippen LogP contribution in [0, 0.1) is 5.92 Å². The maximum Gasteiger partial charge on any atom is 0.307 e. The molecule has 1 fully saturated rings. The first kappa shape index (κ1) is 14.1. The molecule has 1 atom stereocenters. The second kappa shape index (κ2) is 6.19. The van der Waals surface area contributed by atoms with Crippen LogP contribution in [0.15, 0.2) is 28.7 Å². The van der Waals surface area contributed by atoms with E-state index in [4.69, 9.17) is 0 Å². The molecular weight excluding hydrogens is 310 g/mol. The fourth-order valence-corrected chi connectivity index (χ4v) is 2.45. The predicted octanol–water partition coefficient (Wildman–Crippen LogP) is 2.52. The van der Waals surface area contributed by atoms with Crippen LogP contribution in [0.3, 0.4) is 0 Å². The van der Waals surface area contributed by atoms with Crippen molar-refractivity contribution in [2.24, 2.45) is 5.92 Å². The van der Waals surface area contributed by atoms with E-state index in [0.717, 1.165) is 17.3 Å². The molecule has 1 aromatic rings. The highest BCUT2D eigenvalue weighted by Crippen LogP contribution is 2.34. The van der Waals surface area contributed by atoms with Crippen LogP contribution >= 0.6 is 15.9 Å². The molecule has 1 amide bonds. The number of hydrogen-bond acceptors (Lipinski definition) is 3. The summed E-state index contributed by atoms with van der Waals surface area (Å²) in [7, 11) is 1.36. The van der Waals surface area contributed by atoms with Gasteiger partial charge in [-0.15, -0.1) is 0 Å². The van der Waals surface area contributed by atoms with E-state index in [1.807, 2.05) is 18.2 Å². The lowest BCUT2D eigenvalue weighted by molar-refractivity contribution is -0.141. The molecule has 19 heavy (non-hydrogen) atoms. The first-order valence-corrected chi connectivity index (χ1v) is 7.03. The van der Waals surface area contributed by atoms with Crippen molar-refractivity contribution in [1.82, 2.24) is 5.32 Å². The molecule has 1 aliphatic carbocycles. The summed E-state index contributed by atoms with van der Waals surface area (Å²) in [6.45, 7) is 0. The lowest BCUT2D eigenvalue weighted by atomic mass is 10.1. The molecular formula is C14H16BrNO3. The summed E-state index contributed by atoms with van der Waals surface area (Å²) >= 11 is 3.35. The molecule has 0 aliphatic heterocycles. The Morgan fingerprint density at radius 1 is 1.42 bits per heavy atom. The number of hydrogen-bond donors (Lipinski definition) is 1. The largest absolute Gasteiger partial charge is 0.469 e. The number of benzene rings is 1. The number of nitrogens with one attached hydrogen (secondary N) is 1. The summed E-state index contributed by atoms with van der Waals surface area (Å²) in [5.74, 6) is -0.0526. The third-order valence-corrected chi connectivity index (χ3v) is 3.93. The number of esters is 1. The van der Waals surface area contributed by atoms with Gasteiger partial charge < -0.3 is 10.1 Å². The Hall–Kier alpha value is -1.36. The van der Waals surface area contributed by atoms with E-state index < -0.39 is 0 Å². The van der Waals surface area contributed by atoms with Gasteiger partial charge >= 0.3 is 5.97 Å². The van der Waals surface area contributed by atoms with Crippen molar-refractivity contribution in [3.63, 3.8) is 0 Å². The van der Waals surface area contributed by atoms with Gasteiger partial charge in [-0.2, -0.15) is 0 Å². The van der Waals surface area contributed by atoms with Crippen LogP contribution in [0.5, 0.6) is 0 Å². The van der Waals surface area contributed by atoms with Gasteiger partial charge in [0, 0.05) is 10.5 Å². The lowest BCUT2D eigenvalue weighted by Gasteiger charge is -2.17. The Balaban J connectivity index is 2.03. The summed E-state index contributed by atoms with van der Waals surface area (Å²) in [5, 5.41) is 2.93. The maximum atomic E-state index is 12.2. The summed E-state index contributed by atoms with van der Waals surface area (Å²) in [4.78, 5) is 23.5. The molecule has 0 radical (unpaired) electrons. The van der Waals surface area contributed by atoms with Gasteiger partial charge in [-0.05, 0) is 46.8 Å². The fraction of sp³-hybridized carbons (Fsp3) is 0.429. The van der Waals surface area contributed by atoms with E-state index in [9.17, 15) is 9.59 Å². The zero-order valence-electron chi connectivity index (χ0n) is 10.7. The molecule has 0 aromatic heterocycles. The van der Waals surface area contributed by atoms with E-state index in [1.54, 1.807) is 6.07 Å². The van der Waals surface area contributed by atoms with Crippen molar-refractivity contribution in [3.05, 3.63) is 34.3 Å². The quantitative estimate of drug-likeness (QED) is 0.846. The van der Waals surface area contributed by atoms with Gasteiger partial charge in [0.25, 0.3) is 5.91 Å². The number of carbonyl (C=O) groups is 2. The van der Waals surface area contributed by atoms with Crippen molar-refractivity contribution in [3.8, 4) is 0 Å². The second-order valence-electron chi connectivity index (χ2n) is 4.68. The van der Waals surface area contributed by atoms with Crippen LogP contribution in [-0.2, 0) is 9.53 Å². The molecule has 4 nitrogen and oxygen atoms in total. The molecule has 0 bridgehead atoms. The number of ether oxygens (including phenoxy) is 1. The van der Waals surface area contributed by atoms with Crippen molar-refractivity contribution >= 4 is 27.8 Å². The average molecular weight is 326 g/mol. The molecule has 1 saturated carbocycles. The molecule has 2 rings (SSSR count). The van der Waals surface area contributed by atoms with Crippen molar-refractivity contribution < 1.29 is 14.3 Å². The summed E-state index contributed by atoms with van der Waals surface area (Å²) in [5.41, 5.74) is 0.581. The lowest BCUT2D eigenvalue weighted by Crippen LogP contribution is -2.38. The molecule has 102 valence electrons. The number of amides is 1. The Labute approximate surface area is 120 Å². The molecule has 0 spiro atoms. The first-order chi connectivity index (χ1) is 9.11. The highest BCUT2D eigenvalue weighted by molar-refractivity contribution is 9.10. The third kappa shape index (κ3) is 3.80. The minimum absolute atomic E-state index is 0.132. The second-order valence-corrected chi connectivity index (χ2v) is 5.53. The highest BCUT2D eigenvalue weighted by atomic mass is 79.9. The van der Waals surface area contributed by atoms with Gasteiger partial charge in [-0.25, -0.2) is 0 Å². The molecule has 1 aromatic carbocycles. The van der Waals surface area contributed by atoms with Crippen LogP contribution in [0.4, 0.5) is 0 Å². The Morgan fingerprint density at radius 2 is 2.11 bits per heavy atom. The highest BCUT2D eigenvalue weighted by Gasteiger charge is 2.34. The minimum atomic E-state index is -0.288. The number of halogens is 1.